The third-order valence-electron chi connectivity index (χ3n) is 2.79. The Balaban J connectivity index is 2.29. The van der Waals surface area contributed by atoms with E-state index in [9.17, 15) is 17.9 Å². The minimum absolute atomic E-state index is 0.00674. The van der Waals surface area contributed by atoms with Crippen molar-refractivity contribution < 1.29 is 17.9 Å². The first-order valence-corrected chi connectivity index (χ1v) is 7.91. The Labute approximate surface area is 127 Å². The number of nitrogens with one attached hydrogen (secondary N) is 1. The molecule has 0 heterocycles. The van der Waals surface area contributed by atoms with Crippen LogP contribution in [0.2, 0.25) is 5.02 Å². The van der Waals surface area contributed by atoms with Crippen LogP contribution >= 0.6 is 11.6 Å². The van der Waals surface area contributed by atoms with Crippen molar-refractivity contribution in [1.29, 1.82) is 0 Å². The minimum Gasteiger partial charge on any atom is -0.389 e. The lowest BCUT2D eigenvalue weighted by Gasteiger charge is -2.10. The van der Waals surface area contributed by atoms with E-state index in [0.717, 1.165) is 12.1 Å². The van der Waals surface area contributed by atoms with E-state index < -0.39 is 21.9 Å². The Morgan fingerprint density at radius 2 is 1.81 bits per heavy atom. The van der Waals surface area contributed by atoms with Crippen LogP contribution in [0.4, 0.5) is 10.1 Å². The van der Waals surface area contributed by atoms with Gasteiger partial charge in [0.2, 0.25) is 0 Å². The SMILES string of the molecule is CC(O)c1ccc(S(=O)(=O)Nc2cc(F)cc(Cl)c2)cc1. The minimum atomic E-state index is -3.85. The number of rotatable bonds is 4. The molecule has 0 saturated carbocycles. The maximum absolute atomic E-state index is 13.2. The van der Waals surface area contributed by atoms with Crippen molar-refractivity contribution in [2.75, 3.05) is 4.72 Å². The number of anilines is 1. The predicted octanol–water partition coefficient (Wildman–Crippen LogP) is 3.33. The molecule has 0 spiro atoms. The number of halogens is 2. The molecule has 1 unspecified atom stereocenters. The standard InChI is InChI=1S/C14H13ClFNO3S/c1-9(18)10-2-4-14(5-3-10)21(19,20)17-13-7-11(15)6-12(16)8-13/h2-9,17-18H,1H3. The highest BCUT2D eigenvalue weighted by molar-refractivity contribution is 7.92. The molecule has 1 atom stereocenters. The van der Waals surface area contributed by atoms with Crippen LogP contribution in [0.3, 0.4) is 0 Å². The lowest BCUT2D eigenvalue weighted by Crippen LogP contribution is -2.13. The van der Waals surface area contributed by atoms with E-state index in [0.29, 0.717) is 5.56 Å². The van der Waals surface area contributed by atoms with Gasteiger partial charge in [-0.3, -0.25) is 4.72 Å². The molecule has 0 saturated heterocycles. The van der Waals surface area contributed by atoms with Gasteiger partial charge in [-0.1, -0.05) is 23.7 Å². The van der Waals surface area contributed by atoms with Crippen LogP contribution in [-0.2, 0) is 10.0 Å². The van der Waals surface area contributed by atoms with Crippen LogP contribution in [0.5, 0.6) is 0 Å². The molecule has 0 fully saturated rings. The molecule has 2 aromatic carbocycles. The summed E-state index contributed by atoms with van der Waals surface area (Å²) in [6.07, 6.45) is -0.684. The lowest BCUT2D eigenvalue weighted by molar-refractivity contribution is 0.199. The van der Waals surface area contributed by atoms with Gasteiger partial charge in [0.1, 0.15) is 5.82 Å². The van der Waals surface area contributed by atoms with Crippen molar-refractivity contribution in [2.45, 2.75) is 17.9 Å². The molecule has 2 N–H and O–H groups in total. The van der Waals surface area contributed by atoms with Crippen LogP contribution in [0.15, 0.2) is 47.4 Å². The third kappa shape index (κ3) is 3.93. The normalized spacial score (nSPS) is 13.0. The van der Waals surface area contributed by atoms with Gasteiger partial charge in [-0.05, 0) is 42.8 Å². The summed E-state index contributed by atoms with van der Waals surface area (Å²) in [5.41, 5.74) is 0.641. The maximum Gasteiger partial charge on any atom is 0.261 e. The van der Waals surface area contributed by atoms with Crippen molar-refractivity contribution in [3.05, 3.63) is 58.9 Å². The number of aliphatic hydroxyl groups excluding tert-OH is 1. The van der Waals surface area contributed by atoms with E-state index in [2.05, 4.69) is 4.72 Å². The van der Waals surface area contributed by atoms with Crippen LogP contribution in [0, 0.1) is 5.82 Å². The van der Waals surface area contributed by atoms with Crippen molar-refractivity contribution in [3.63, 3.8) is 0 Å². The Hall–Kier alpha value is -1.63. The quantitative estimate of drug-likeness (QED) is 0.904. The fraction of sp³-hybridized carbons (Fsp3) is 0.143. The van der Waals surface area contributed by atoms with Gasteiger partial charge in [0.15, 0.2) is 0 Å². The lowest BCUT2D eigenvalue weighted by atomic mass is 10.1. The number of hydrogen-bond acceptors (Lipinski definition) is 3. The van der Waals surface area contributed by atoms with Gasteiger partial charge in [0.25, 0.3) is 10.0 Å². The zero-order chi connectivity index (χ0) is 15.6. The smallest absolute Gasteiger partial charge is 0.261 e. The first-order valence-electron chi connectivity index (χ1n) is 6.05. The monoisotopic (exact) mass is 329 g/mol. The summed E-state index contributed by atoms with van der Waals surface area (Å²) in [6, 6.07) is 9.18. The van der Waals surface area contributed by atoms with Gasteiger partial charge in [-0.2, -0.15) is 0 Å². The Bertz CT molecular complexity index is 725. The van der Waals surface area contributed by atoms with Crippen LogP contribution in [0.1, 0.15) is 18.6 Å². The Morgan fingerprint density at radius 3 is 2.33 bits per heavy atom. The Kier molecular flexibility index (Phi) is 4.51. The predicted molar refractivity (Wildman–Crippen MR) is 79.3 cm³/mol. The summed E-state index contributed by atoms with van der Waals surface area (Å²) in [4.78, 5) is 0.00674. The fourth-order valence-electron chi connectivity index (χ4n) is 1.75. The third-order valence-corrected chi connectivity index (χ3v) is 4.40. The highest BCUT2D eigenvalue weighted by Gasteiger charge is 2.15. The number of sulfonamides is 1. The second-order valence-corrected chi connectivity index (χ2v) is 6.63. The second kappa shape index (κ2) is 6.01. The van der Waals surface area contributed by atoms with Gasteiger partial charge in [-0.15, -0.1) is 0 Å². The molecule has 0 aromatic heterocycles. The largest absolute Gasteiger partial charge is 0.389 e. The van der Waals surface area contributed by atoms with Crippen molar-refractivity contribution in [3.8, 4) is 0 Å². The molecule has 21 heavy (non-hydrogen) atoms. The molecule has 0 radical (unpaired) electrons. The molecule has 0 aliphatic heterocycles. The van der Waals surface area contributed by atoms with Crippen molar-refractivity contribution in [2.24, 2.45) is 0 Å². The molecule has 7 heteroatoms. The average molecular weight is 330 g/mol. The van der Waals surface area contributed by atoms with Crippen LogP contribution in [0.25, 0.3) is 0 Å². The summed E-state index contributed by atoms with van der Waals surface area (Å²) in [7, 11) is -3.85. The van der Waals surface area contributed by atoms with Crippen molar-refractivity contribution >= 4 is 27.3 Å². The molecular weight excluding hydrogens is 317 g/mol. The summed E-state index contributed by atoms with van der Waals surface area (Å²) in [6.45, 7) is 1.58. The molecule has 4 nitrogen and oxygen atoms in total. The van der Waals surface area contributed by atoms with E-state index >= 15 is 0 Å². The maximum atomic E-state index is 13.2. The summed E-state index contributed by atoms with van der Waals surface area (Å²) in [5, 5.41) is 9.49. The Morgan fingerprint density at radius 1 is 1.19 bits per heavy atom. The number of hydrogen-bond donors (Lipinski definition) is 2. The molecule has 0 aliphatic carbocycles. The molecule has 2 aromatic rings. The molecule has 112 valence electrons. The molecule has 2 rings (SSSR count). The molecular formula is C14H13ClFNO3S. The topological polar surface area (TPSA) is 66.4 Å². The zero-order valence-electron chi connectivity index (χ0n) is 11.0. The first kappa shape index (κ1) is 15.8. The van der Waals surface area contributed by atoms with E-state index in [4.69, 9.17) is 11.6 Å². The first-order chi connectivity index (χ1) is 9.78. The highest BCUT2D eigenvalue weighted by Crippen LogP contribution is 2.22. The van der Waals surface area contributed by atoms with Gasteiger partial charge >= 0.3 is 0 Å². The fourth-order valence-corrected chi connectivity index (χ4v) is 3.01. The molecule has 0 bridgehead atoms. The number of aliphatic hydroxyl groups is 1. The van der Waals surface area contributed by atoms with Crippen LogP contribution < -0.4 is 4.72 Å². The van der Waals surface area contributed by atoms with Crippen LogP contribution in [-0.4, -0.2) is 13.5 Å². The molecule has 0 aliphatic rings. The van der Waals surface area contributed by atoms with Gasteiger partial charge < -0.3 is 5.11 Å². The highest BCUT2D eigenvalue weighted by atomic mass is 35.5. The van der Waals surface area contributed by atoms with E-state index in [-0.39, 0.29) is 15.6 Å². The summed E-state index contributed by atoms with van der Waals surface area (Å²) in [5.74, 6) is -0.635. The molecule has 0 amide bonds. The summed E-state index contributed by atoms with van der Waals surface area (Å²) < 4.78 is 39.8. The van der Waals surface area contributed by atoms with Crippen molar-refractivity contribution in [1.82, 2.24) is 0 Å². The van der Waals surface area contributed by atoms with Gasteiger partial charge in [0.05, 0.1) is 16.7 Å². The average Bonchev–Trinajstić information content (AvgIpc) is 2.37. The van der Waals surface area contributed by atoms with E-state index in [1.807, 2.05) is 0 Å². The second-order valence-electron chi connectivity index (χ2n) is 4.51. The van der Waals surface area contributed by atoms with Gasteiger partial charge in [0, 0.05) is 5.02 Å². The zero-order valence-corrected chi connectivity index (χ0v) is 12.6. The van der Waals surface area contributed by atoms with Gasteiger partial charge in [-0.25, -0.2) is 12.8 Å². The van der Waals surface area contributed by atoms with E-state index in [1.54, 1.807) is 6.92 Å². The van der Waals surface area contributed by atoms with E-state index in [1.165, 1.54) is 30.3 Å². The number of benzene rings is 2. The summed E-state index contributed by atoms with van der Waals surface area (Å²) >= 11 is 5.68.